The van der Waals surface area contributed by atoms with Gasteiger partial charge in [-0.15, -0.1) is 5.10 Å². The van der Waals surface area contributed by atoms with E-state index >= 15 is 0 Å². The van der Waals surface area contributed by atoms with Crippen molar-refractivity contribution in [2.75, 3.05) is 25.1 Å². The SMILES string of the molecule is COC1CCN(c2nnc(C)c(C)c2C(=O)O)CC1. The number of carboxylic acids is 1. The molecule has 2 rings (SSSR count). The van der Waals surface area contributed by atoms with Crippen LogP contribution in [-0.4, -0.2) is 47.6 Å². The Balaban J connectivity index is 2.30. The van der Waals surface area contributed by atoms with Crippen molar-refractivity contribution in [2.24, 2.45) is 0 Å². The van der Waals surface area contributed by atoms with Gasteiger partial charge in [-0.05, 0) is 32.3 Å². The van der Waals surface area contributed by atoms with Gasteiger partial charge in [-0.3, -0.25) is 0 Å². The van der Waals surface area contributed by atoms with Crippen molar-refractivity contribution in [1.29, 1.82) is 0 Å². The van der Waals surface area contributed by atoms with Crippen LogP contribution in [0.1, 0.15) is 34.5 Å². The number of piperidine rings is 1. The van der Waals surface area contributed by atoms with Crippen molar-refractivity contribution in [1.82, 2.24) is 10.2 Å². The largest absolute Gasteiger partial charge is 0.478 e. The first-order valence-corrected chi connectivity index (χ1v) is 6.39. The Hall–Kier alpha value is -1.69. The van der Waals surface area contributed by atoms with E-state index in [4.69, 9.17) is 4.74 Å². The van der Waals surface area contributed by atoms with Crippen LogP contribution < -0.4 is 4.90 Å². The van der Waals surface area contributed by atoms with Gasteiger partial charge in [-0.2, -0.15) is 5.10 Å². The minimum atomic E-state index is -0.945. The number of aryl methyl sites for hydroxylation is 1. The third kappa shape index (κ3) is 2.68. The Morgan fingerprint density at radius 2 is 1.95 bits per heavy atom. The van der Waals surface area contributed by atoms with Gasteiger partial charge in [0, 0.05) is 20.2 Å². The second kappa shape index (κ2) is 5.52. The van der Waals surface area contributed by atoms with Crippen LogP contribution in [0, 0.1) is 13.8 Å². The van der Waals surface area contributed by atoms with Gasteiger partial charge < -0.3 is 14.7 Å². The molecule has 104 valence electrons. The van der Waals surface area contributed by atoms with Gasteiger partial charge in [-0.1, -0.05) is 0 Å². The first kappa shape index (κ1) is 13.7. The first-order valence-electron chi connectivity index (χ1n) is 6.39. The summed E-state index contributed by atoms with van der Waals surface area (Å²) in [4.78, 5) is 13.4. The third-order valence-corrected chi connectivity index (χ3v) is 3.72. The Morgan fingerprint density at radius 1 is 1.32 bits per heavy atom. The van der Waals surface area contributed by atoms with E-state index in [9.17, 15) is 9.90 Å². The zero-order valence-corrected chi connectivity index (χ0v) is 11.5. The van der Waals surface area contributed by atoms with Gasteiger partial charge in [0.05, 0.1) is 11.8 Å². The summed E-state index contributed by atoms with van der Waals surface area (Å²) in [5, 5.41) is 17.5. The van der Waals surface area contributed by atoms with Gasteiger partial charge in [0.1, 0.15) is 5.56 Å². The lowest BCUT2D eigenvalue weighted by molar-refractivity contribution is 0.0694. The summed E-state index contributed by atoms with van der Waals surface area (Å²) >= 11 is 0. The van der Waals surface area contributed by atoms with E-state index < -0.39 is 5.97 Å². The molecule has 0 aliphatic carbocycles. The molecule has 1 aromatic heterocycles. The number of carbonyl (C=O) groups is 1. The third-order valence-electron chi connectivity index (χ3n) is 3.72. The highest BCUT2D eigenvalue weighted by molar-refractivity contribution is 5.95. The number of hydrogen-bond donors (Lipinski definition) is 1. The van der Waals surface area contributed by atoms with Crippen molar-refractivity contribution < 1.29 is 14.6 Å². The molecule has 0 radical (unpaired) electrons. The Kier molecular flexibility index (Phi) is 3.99. The van der Waals surface area contributed by atoms with Crippen molar-refractivity contribution >= 4 is 11.8 Å². The molecule has 1 aliphatic rings. The van der Waals surface area contributed by atoms with Crippen LogP contribution in [0.3, 0.4) is 0 Å². The molecule has 19 heavy (non-hydrogen) atoms. The van der Waals surface area contributed by atoms with Crippen LogP contribution in [0.15, 0.2) is 0 Å². The smallest absolute Gasteiger partial charge is 0.339 e. The van der Waals surface area contributed by atoms with E-state index in [1.165, 1.54) is 0 Å². The second-order valence-corrected chi connectivity index (χ2v) is 4.84. The van der Waals surface area contributed by atoms with Crippen molar-refractivity contribution in [3.05, 3.63) is 16.8 Å². The fourth-order valence-electron chi connectivity index (χ4n) is 2.38. The van der Waals surface area contributed by atoms with Gasteiger partial charge in [0.25, 0.3) is 0 Å². The molecular weight excluding hydrogens is 246 g/mol. The first-order chi connectivity index (χ1) is 9.04. The monoisotopic (exact) mass is 265 g/mol. The van der Waals surface area contributed by atoms with Crippen LogP contribution in [0.2, 0.25) is 0 Å². The molecule has 0 atom stereocenters. The number of aromatic nitrogens is 2. The molecule has 0 unspecified atom stereocenters. The van der Waals surface area contributed by atoms with Crippen LogP contribution in [0.25, 0.3) is 0 Å². The average Bonchev–Trinajstić information content (AvgIpc) is 2.41. The number of carboxylic acid groups (broad SMARTS) is 1. The van der Waals surface area contributed by atoms with Crippen LogP contribution >= 0.6 is 0 Å². The topological polar surface area (TPSA) is 75.5 Å². The van der Waals surface area contributed by atoms with E-state index in [0.29, 0.717) is 17.1 Å². The summed E-state index contributed by atoms with van der Waals surface area (Å²) in [6, 6.07) is 0. The predicted molar refractivity (Wildman–Crippen MR) is 70.7 cm³/mol. The van der Waals surface area contributed by atoms with Crippen molar-refractivity contribution in [2.45, 2.75) is 32.8 Å². The second-order valence-electron chi connectivity index (χ2n) is 4.84. The number of rotatable bonds is 3. The van der Waals surface area contributed by atoms with Gasteiger partial charge in [0.2, 0.25) is 0 Å². The maximum atomic E-state index is 11.4. The Morgan fingerprint density at radius 3 is 2.47 bits per heavy atom. The highest BCUT2D eigenvalue weighted by Crippen LogP contribution is 2.25. The number of nitrogens with zero attached hydrogens (tertiary/aromatic N) is 3. The zero-order valence-electron chi connectivity index (χ0n) is 11.5. The van der Waals surface area contributed by atoms with E-state index in [0.717, 1.165) is 25.9 Å². The molecule has 1 N–H and O–H groups in total. The lowest BCUT2D eigenvalue weighted by Crippen LogP contribution is -2.38. The molecule has 1 fully saturated rings. The number of anilines is 1. The van der Waals surface area contributed by atoms with E-state index in [1.807, 2.05) is 4.90 Å². The molecule has 6 heteroatoms. The summed E-state index contributed by atoms with van der Waals surface area (Å²) < 4.78 is 5.32. The lowest BCUT2D eigenvalue weighted by Gasteiger charge is -2.32. The molecule has 1 aromatic rings. The van der Waals surface area contributed by atoms with Crippen molar-refractivity contribution in [3.8, 4) is 0 Å². The summed E-state index contributed by atoms with van der Waals surface area (Å²) in [7, 11) is 1.71. The van der Waals surface area contributed by atoms with Gasteiger partial charge in [0.15, 0.2) is 5.82 Å². The molecule has 0 spiro atoms. The van der Waals surface area contributed by atoms with Crippen LogP contribution in [-0.2, 0) is 4.74 Å². The quantitative estimate of drug-likeness (QED) is 0.890. The fourth-order valence-corrected chi connectivity index (χ4v) is 2.38. The molecule has 1 saturated heterocycles. The zero-order chi connectivity index (χ0) is 14.0. The minimum Gasteiger partial charge on any atom is -0.478 e. The molecule has 2 heterocycles. The molecule has 0 amide bonds. The molecule has 0 bridgehead atoms. The predicted octanol–water partition coefficient (Wildman–Crippen LogP) is 1.41. The number of hydrogen-bond acceptors (Lipinski definition) is 5. The maximum absolute atomic E-state index is 11.4. The number of aromatic carboxylic acids is 1. The standard InChI is InChI=1S/C13H19N3O3/c1-8-9(2)14-15-12(11(8)13(17)18)16-6-4-10(19-3)5-7-16/h10H,4-7H2,1-3H3,(H,17,18). The van der Waals surface area contributed by atoms with Crippen LogP contribution in [0.5, 0.6) is 0 Å². The number of methoxy groups -OCH3 is 1. The number of ether oxygens (including phenoxy) is 1. The highest BCUT2D eigenvalue weighted by atomic mass is 16.5. The van der Waals surface area contributed by atoms with Gasteiger partial charge in [-0.25, -0.2) is 4.79 Å². The van der Waals surface area contributed by atoms with Crippen molar-refractivity contribution in [3.63, 3.8) is 0 Å². The minimum absolute atomic E-state index is 0.254. The average molecular weight is 265 g/mol. The lowest BCUT2D eigenvalue weighted by atomic mass is 10.0. The molecular formula is C13H19N3O3. The Labute approximate surface area is 112 Å². The molecule has 0 saturated carbocycles. The van der Waals surface area contributed by atoms with E-state index in [2.05, 4.69) is 10.2 Å². The highest BCUT2D eigenvalue weighted by Gasteiger charge is 2.26. The summed E-state index contributed by atoms with van der Waals surface area (Å²) in [6.45, 7) is 5.04. The normalized spacial score (nSPS) is 16.7. The fraction of sp³-hybridized carbons (Fsp3) is 0.615. The maximum Gasteiger partial charge on any atom is 0.339 e. The molecule has 0 aromatic carbocycles. The summed E-state index contributed by atoms with van der Waals surface area (Å²) in [6.07, 6.45) is 2.01. The van der Waals surface area contributed by atoms with E-state index in [1.54, 1.807) is 21.0 Å². The summed E-state index contributed by atoms with van der Waals surface area (Å²) in [5.74, 6) is -0.468. The Bertz CT molecular complexity index is 482. The van der Waals surface area contributed by atoms with Crippen LogP contribution in [0.4, 0.5) is 5.82 Å². The van der Waals surface area contributed by atoms with E-state index in [-0.39, 0.29) is 11.7 Å². The molecule has 6 nitrogen and oxygen atoms in total. The molecule has 1 aliphatic heterocycles. The summed E-state index contributed by atoms with van der Waals surface area (Å²) in [5.41, 5.74) is 1.61. The van der Waals surface area contributed by atoms with Gasteiger partial charge >= 0.3 is 5.97 Å².